The Balaban J connectivity index is 1.44. The van der Waals surface area contributed by atoms with E-state index in [2.05, 4.69) is 71.9 Å². The third-order valence-corrected chi connectivity index (χ3v) is 6.51. The molecule has 6 nitrogen and oxygen atoms in total. The molecule has 2 aromatic carbocycles. The molecule has 166 valence electrons. The first kappa shape index (κ1) is 21.5. The zero-order chi connectivity index (χ0) is 21.7. The van der Waals surface area contributed by atoms with Gasteiger partial charge in [0.1, 0.15) is 0 Å². The monoisotopic (exact) mass is 423 g/mol. The zero-order valence-electron chi connectivity index (χ0n) is 18.7. The molecule has 2 heterocycles. The summed E-state index contributed by atoms with van der Waals surface area (Å²) in [6.45, 7) is 7.86. The molecule has 2 aliphatic heterocycles. The summed E-state index contributed by atoms with van der Waals surface area (Å²) in [5.74, 6) is 2.46. The minimum Gasteiger partial charge on any atom is -0.454 e. The van der Waals surface area contributed by atoms with Gasteiger partial charge in [-0.3, -0.25) is 4.99 Å². The molecule has 0 unspecified atom stereocenters. The molecule has 4 rings (SSSR count). The third-order valence-electron chi connectivity index (χ3n) is 6.51. The molecule has 0 atom stereocenters. The molecular weight excluding hydrogens is 390 g/mol. The Bertz CT molecular complexity index is 905. The van der Waals surface area contributed by atoms with Crippen LogP contribution in [-0.4, -0.2) is 46.1 Å². The van der Waals surface area contributed by atoms with Crippen LogP contribution in [0.1, 0.15) is 37.8 Å². The van der Waals surface area contributed by atoms with Crippen LogP contribution < -0.4 is 20.1 Å². The van der Waals surface area contributed by atoms with Gasteiger partial charge in [0.25, 0.3) is 0 Å². The van der Waals surface area contributed by atoms with E-state index in [1.165, 1.54) is 11.1 Å². The number of hydrogen-bond acceptors (Lipinski definition) is 4. The van der Waals surface area contributed by atoms with Gasteiger partial charge in [-0.15, -0.1) is 0 Å². The summed E-state index contributed by atoms with van der Waals surface area (Å²) in [7, 11) is 1.82. The van der Waals surface area contributed by atoms with Crippen molar-refractivity contribution in [2.24, 2.45) is 4.99 Å². The van der Waals surface area contributed by atoms with Crippen molar-refractivity contribution in [2.75, 3.05) is 40.1 Å². The fraction of sp³-hybridized carbons (Fsp3) is 0.480. The maximum absolute atomic E-state index is 5.68. The molecule has 0 aromatic heterocycles. The highest BCUT2D eigenvalue weighted by atomic mass is 16.7. The molecule has 0 aliphatic carbocycles. The van der Waals surface area contributed by atoms with E-state index in [4.69, 9.17) is 14.2 Å². The summed E-state index contributed by atoms with van der Waals surface area (Å²) < 4.78 is 16.8. The van der Waals surface area contributed by atoms with Gasteiger partial charge in [-0.2, -0.15) is 0 Å². The van der Waals surface area contributed by atoms with E-state index in [1.807, 2.05) is 13.1 Å². The van der Waals surface area contributed by atoms with Crippen LogP contribution in [0, 0.1) is 0 Å². The number of ether oxygens (including phenoxy) is 3. The lowest BCUT2D eigenvalue weighted by molar-refractivity contribution is 0.0513. The van der Waals surface area contributed by atoms with E-state index in [-0.39, 0.29) is 10.8 Å². The van der Waals surface area contributed by atoms with E-state index >= 15 is 0 Å². The molecule has 2 N–H and O–H groups in total. The first-order valence-corrected chi connectivity index (χ1v) is 11.0. The van der Waals surface area contributed by atoms with Crippen LogP contribution in [0.3, 0.4) is 0 Å². The van der Waals surface area contributed by atoms with E-state index < -0.39 is 0 Å². The van der Waals surface area contributed by atoms with Gasteiger partial charge in [0.05, 0.1) is 0 Å². The number of nitrogens with one attached hydrogen (secondary N) is 2. The standard InChI is InChI=1S/C25H33N3O3/c1-24(2,19-7-5-4-6-8-19)16-27-23(26-3)28-17-25(11-13-29-14-12-25)20-9-10-21-22(15-20)31-18-30-21/h4-10,15H,11-14,16-18H2,1-3H3,(H2,26,27,28). The van der Waals surface area contributed by atoms with Crippen LogP contribution in [0.2, 0.25) is 0 Å². The van der Waals surface area contributed by atoms with Crippen molar-refractivity contribution < 1.29 is 14.2 Å². The molecule has 0 spiro atoms. The summed E-state index contributed by atoms with van der Waals surface area (Å²) in [6, 6.07) is 16.9. The van der Waals surface area contributed by atoms with Crippen molar-refractivity contribution in [1.82, 2.24) is 10.6 Å². The fourth-order valence-corrected chi connectivity index (χ4v) is 4.33. The van der Waals surface area contributed by atoms with Crippen molar-refractivity contribution in [3.63, 3.8) is 0 Å². The van der Waals surface area contributed by atoms with Crippen molar-refractivity contribution in [2.45, 2.75) is 37.5 Å². The highest BCUT2D eigenvalue weighted by Gasteiger charge is 2.36. The molecule has 6 heteroatoms. The van der Waals surface area contributed by atoms with Gasteiger partial charge in [-0.05, 0) is 36.1 Å². The van der Waals surface area contributed by atoms with E-state index in [1.54, 1.807) is 0 Å². The Morgan fingerprint density at radius 1 is 1.00 bits per heavy atom. The number of guanidine groups is 1. The maximum atomic E-state index is 5.68. The average Bonchev–Trinajstić information content (AvgIpc) is 3.28. The Hall–Kier alpha value is -2.73. The predicted octanol–water partition coefficient (Wildman–Crippen LogP) is 3.61. The largest absolute Gasteiger partial charge is 0.454 e. The minimum absolute atomic E-state index is 0.00737. The molecule has 1 saturated heterocycles. The summed E-state index contributed by atoms with van der Waals surface area (Å²) >= 11 is 0. The molecule has 2 aliphatic rings. The second-order valence-corrected chi connectivity index (χ2v) is 8.99. The smallest absolute Gasteiger partial charge is 0.231 e. The highest BCUT2D eigenvalue weighted by Crippen LogP contribution is 2.40. The van der Waals surface area contributed by atoms with Gasteiger partial charge in [0.15, 0.2) is 17.5 Å². The van der Waals surface area contributed by atoms with Crippen molar-refractivity contribution >= 4 is 5.96 Å². The van der Waals surface area contributed by atoms with Gasteiger partial charge in [-0.25, -0.2) is 0 Å². The Morgan fingerprint density at radius 2 is 1.74 bits per heavy atom. The molecule has 31 heavy (non-hydrogen) atoms. The average molecular weight is 424 g/mol. The minimum atomic E-state index is -0.0359. The zero-order valence-corrected chi connectivity index (χ0v) is 18.7. The van der Waals surface area contributed by atoms with Crippen LogP contribution in [0.4, 0.5) is 0 Å². The van der Waals surface area contributed by atoms with Crippen LogP contribution in [-0.2, 0) is 15.6 Å². The summed E-state index contributed by atoms with van der Waals surface area (Å²) in [6.07, 6.45) is 1.90. The summed E-state index contributed by atoms with van der Waals surface area (Å²) in [5.41, 5.74) is 2.52. The number of rotatable bonds is 6. The lowest BCUT2D eigenvalue weighted by Gasteiger charge is -2.38. The second kappa shape index (κ2) is 9.18. The Morgan fingerprint density at radius 3 is 2.48 bits per heavy atom. The number of hydrogen-bond donors (Lipinski definition) is 2. The Kier molecular flexibility index (Phi) is 6.37. The lowest BCUT2D eigenvalue weighted by atomic mass is 9.74. The topological polar surface area (TPSA) is 64.1 Å². The quantitative estimate of drug-likeness (QED) is 0.549. The Labute approximate surface area is 185 Å². The van der Waals surface area contributed by atoms with Crippen molar-refractivity contribution in [1.29, 1.82) is 0 Å². The number of aliphatic imine (C=N–C) groups is 1. The lowest BCUT2D eigenvalue weighted by Crippen LogP contribution is -2.49. The predicted molar refractivity (Wildman–Crippen MR) is 123 cm³/mol. The summed E-state index contributed by atoms with van der Waals surface area (Å²) in [4.78, 5) is 4.47. The molecule has 0 bridgehead atoms. The van der Waals surface area contributed by atoms with Crippen LogP contribution >= 0.6 is 0 Å². The van der Waals surface area contributed by atoms with Gasteiger partial charge in [-0.1, -0.05) is 50.2 Å². The van der Waals surface area contributed by atoms with Crippen LogP contribution in [0.15, 0.2) is 53.5 Å². The number of benzene rings is 2. The highest BCUT2D eigenvalue weighted by molar-refractivity contribution is 5.80. The van der Waals surface area contributed by atoms with Gasteiger partial charge in [0, 0.05) is 44.2 Å². The fourth-order valence-electron chi connectivity index (χ4n) is 4.33. The maximum Gasteiger partial charge on any atom is 0.231 e. The molecule has 2 aromatic rings. The molecule has 1 fully saturated rings. The molecular formula is C25H33N3O3. The van der Waals surface area contributed by atoms with Gasteiger partial charge < -0.3 is 24.8 Å². The van der Waals surface area contributed by atoms with E-state index in [0.717, 1.165) is 56.6 Å². The first-order chi connectivity index (χ1) is 15.0. The first-order valence-electron chi connectivity index (χ1n) is 11.0. The van der Waals surface area contributed by atoms with Crippen molar-refractivity contribution in [3.8, 4) is 11.5 Å². The normalized spacial score (nSPS) is 18.0. The van der Waals surface area contributed by atoms with E-state index in [9.17, 15) is 0 Å². The number of nitrogens with zero attached hydrogens (tertiary/aromatic N) is 1. The SMILES string of the molecule is CN=C(NCC(C)(C)c1ccccc1)NCC1(c2ccc3c(c2)OCO3)CCOCC1. The molecule has 0 radical (unpaired) electrons. The van der Waals surface area contributed by atoms with Gasteiger partial charge in [0.2, 0.25) is 6.79 Å². The molecule has 0 saturated carbocycles. The van der Waals surface area contributed by atoms with E-state index in [0.29, 0.717) is 6.79 Å². The van der Waals surface area contributed by atoms with Gasteiger partial charge >= 0.3 is 0 Å². The summed E-state index contributed by atoms with van der Waals surface area (Å²) in [5, 5.41) is 7.10. The van der Waals surface area contributed by atoms with Crippen LogP contribution in [0.5, 0.6) is 11.5 Å². The third kappa shape index (κ3) is 4.79. The molecule has 0 amide bonds. The van der Waals surface area contributed by atoms with Crippen molar-refractivity contribution in [3.05, 3.63) is 59.7 Å². The van der Waals surface area contributed by atoms with Crippen LogP contribution in [0.25, 0.3) is 0 Å². The second-order valence-electron chi connectivity index (χ2n) is 8.99. The number of fused-ring (bicyclic) bond motifs is 1.